The zero-order valence-corrected chi connectivity index (χ0v) is 19.4. The third-order valence-corrected chi connectivity index (χ3v) is 8.73. The molecule has 0 aliphatic carbocycles. The molecule has 0 radical (unpaired) electrons. The number of anilines is 2. The van der Waals surface area contributed by atoms with Crippen LogP contribution in [0.15, 0.2) is 58.8 Å². The summed E-state index contributed by atoms with van der Waals surface area (Å²) >= 11 is 1.34. The van der Waals surface area contributed by atoms with E-state index in [2.05, 4.69) is 16.0 Å². The Balaban J connectivity index is 1.47. The van der Waals surface area contributed by atoms with Crippen molar-refractivity contribution in [1.29, 1.82) is 0 Å². The number of imide groups is 1. The first-order valence-electron chi connectivity index (χ1n) is 10.5. The van der Waals surface area contributed by atoms with Crippen molar-refractivity contribution in [2.45, 2.75) is 23.6 Å². The van der Waals surface area contributed by atoms with E-state index in [4.69, 9.17) is 0 Å². The lowest BCUT2D eigenvalue weighted by molar-refractivity contribution is 0.207. The van der Waals surface area contributed by atoms with Gasteiger partial charge in [-0.05, 0) is 53.6 Å². The fourth-order valence-electron chi connectivity index (χ4n) is 4.22. The molecule has 10 heteroatoms. The molecule has 1 unspecified atom stereocenters. The van der Waals surface area contributed by atoms with Crippen molar-refractivity contribution in [3.05, 3.63) is 65.0 Å². The van der Waals surface area contributed by atoms with E-state index >= 15 is 0 Å². The Bertz CT molecular complexity index is 1350. The quantitative estimate of drug-likeness (QED) is 0.520. The van der Waals surface area contributed by atoms with Gasteiger partial charge >= 0.3 is 12.1 Å². The number of sulfone groups is 1. The van der Waals surface area contributed by atoms with Crippen LogP contribution in [0.25, 0.3) is 11.1 Å². The molecule has 2 aliphatic rings. The maximum absolute atomic E-state index is 13.7. The Morgan fingerprint density at radius 1 is 1.18 bits per heavy atom. The molecule has 170 valence electrons. The number of hydrogen-bond acceptors (Lipinski definition) is 6. The van der Waals surface area contributed by atoms with E-state index in [0.29, 0.717) is 17.0 Å². The summed E-state index contributed by atoms with van der Waals surface area (Å²) in [7, 11) is -3.99. The molecule has 1 aromatic heterocycles. The number of aryl methyl sites for hydroxylation is 1. The van der Waals surface area contributed by atoms with Crippen LogP contribution >= 0.6 is 11.3 Å². The number of benzene rings is 2. The summed E-state index contributed by atoms with van der Waals surface area (Å²) in [6.07, 6.45) is 0.703. The number of rotatable bonds is 4. The average molecular weight is 483 g/mol. The maximum atomic E-state index is 13.7. The summed E-state index contributed by atoms with van der Waals surface area (Å²) in [5, 5.41) is 9.66. The number of thiophene rings is 1. The van der Waals surface area contributed by atoms with Crippen molar-refractivity contribution in [1.82, 2.24) is 10.2 Å². The van der Waals surface area contributed by atoms with Gasteiger partial charge in [0.05, 0.1) is 16.4 Å². The van der Waals surface area contributed by atoms with Crippen molar-refractivity contribution in [3.63, 3.8) is 0 Å². The van der Waals surface area contributed by atoms with Gasteiger partial charge in [-0.3, -0.25) is 5.32 Å². The highest BCUT2D eigenvalue weighted by Gasteiger charge is 2.42. The highest BCUT2D eigenvalue weighted by atomic mass is 32.2. The van der Waals surface area contributed by atoms with E-state index in [0.717, 1.165) is 33.8 Å². The van der Waals surface area contributed by atoms with Gasteiger partial charge in [0.25, 0.3) is 0 Å². The molecule has 2 aliphatic heterocycles. The second kappa shape index (κ2) is 8.20. The second-order valence-electron chi connectivity index (χ2n) is 8.02. The summed E-state index contributed by atoms with van der Waals surface area (Å²) in [6, 6.07) is 13.1. The van der Waals surface area contributed by atoms with Crippen molar-refractivity contribution in [2.75, 3.05) is 23.7 Å². The molecule has 3 aromatic rings. The molecule has 4 amide bonds. The Labute approximate surface area is 195 Å². The Morgan fingerprint density at radius 3 is 2.70 bits per heavy atom. The summed E-state index contributed by atoms with van der Waals surface area (Å²) in [5.41, 5.74) is 4.28. The smallest absolute Gasteiger partial charge is 0.330 e. The van der Waals surface area contributed by atoms with E-state index in [9.17, 15) is 18.0 Å². The number of fused-ring (bicyclic) bond motifs is 1. The predicted octanol–water partition coefficient (Wildman–Crippen LogP) is 4.05. The van der Waals surface area contributed by atoms with Gasteiger partial charge in [-0.15, -0.1) is 11.3 Å². The molecular weight excluding hydrogens is 460 g/mol. The van der Waals surface area contributed by atoms with Crippen molar-refractivity contribution >= 4 is 43.9 Å². The number of nitrogens with one attached hydrogen (secondary N) is 3. The Morgan fingerprint density at radius 2 is 1.97 bits per heavy atom. The van der Waals surface area contributed by atoms with Crippen LogP contribution in [0.3, 0.4) is 0 Å². The van der Waals surface area contributed by atoms with Crippen molar-refractivity contribution in [3.8, 4) is 11.1 Å². The van der Waals surface area contributed by atoms with Crippen LogP contribution in [0.5, 0.6) is 0 Å². The molecule has 0 saturated carbocycles. The van der Waals surface area contributed by atoms with E-state index in [-0.39, 0.29) is 11.4 Å². The van der Waals surface area contributed by atoms with Crippen LogP contribution in [-0.4, -0.2) is 43.8 Å². The third-order valence-electron chi connectivity index (χ3n) is 5.79. The molecule has 5 rings (SSSR count). The molecule has 2 aromatic carbocycles. The fraction of sp³-hybridized carbons (Fsp3) is 0.217. The summed E-state index contributed by atoms with van der Waals surface area (Å²) in [5.74, 6) is 0. The molecule has 33 heavy (non-hydrogen) atoms. The molecule has 0 bridgehead atoms. The van der Waals surface area contributed by atoms with Gasteiger partial charge in [-0.2, -0.15) is 0 Å². The highest BCUT2D eigenvalue weighted by molar-refractivity contribution is 7.92. The van der Waals surface area contributed by atoms with Crippen LogP contribution in [0, 0.1) is 6.92 Å². The fourth-order valence-corrected chi connectivity index (χ4v) is 6.69. The largest absolute Gasteiger partial charge is 0.384 e. The summed E-state index contributed by atoms with van der Waals surface area (Å²) in [6.45, 7) is 2.35. The van der Waals surface area contributed by atoms with E-state index < -0.39 is 27.3 Å². The molecule has 8 nitrogen and oxygen atoms in total. The standard InChI is InChI=1S/C23H22N4O4S2/c1-14-11-19(32-13-14)25-22(28)27-12-20(26-23(27)29)33(30,31)18-8-7-17-16(9-10-24-17)21(18)15-5-3-2-4-6-15/h2-8,11,13,20,24H,9-10,12H2,1H3,(H,25,28)(H,26,29). The number of nitrogens with zero attached hydrogens (tertiary/aromatic N) is 1. The SMILES string of the molecule is Cc1csc(NC(=O)N2CC(S(=O)(=O)c3ccc4c(c3-c3ccccc3)CCN4)NC2=O)c1. The summed E-state index contributed by atoms with van der Waals surface area (Å²) in [4.78, 5) is 26.2. The third kappa shape index (κ3) is 3.85. The minimum absolute atomic E-state index is 0.151. The average Bonchev–Trinajstić information content (AvgIpc) is 3.53. The van der Waals surface area contributed by atoms with Crippen LogP contribution in [0.2, 0.25) is 0 Å². The van der Waals surface area contributed by atoms with Gasteiger partial charge < -0.3 is 10.6 Å². The zero-order valence-electron chi connectivity index (χ0n) is 17.8. The number of urea groups is 2. The van der Waals surface area contributed by atoms with E-state index in [1.165, 1.54) is 11.3 Å². The number of carbonyl (C=O) groups is 2. The first-order valence-corrected chi connectivity index (χ1v) is 12.9. The Kier molecular flexibility index (Phi) is 5.34. The molecular formula is C23H22N4O4S2. The van der Waals surface area contributed by atoms with Crippen LogP contribution in [0.4, 0.5) is 20.3 Å². The Hall–Kier alpha value is -3.37. The predicted molar refractivity (Wildman–Crippen MR) is 128 cm³/mol. The van der Waals surface area contributed by atoms with Crippen LogP contribution in [0.1, 0.15) is 11.1 Å². The van der Waals surface area contributed by atoms with Crippen molar-refractivity contribution in [2.24, 2.45) is 0 Å². The second-order valence-corrected chi connectivity index (χ2v) is 11.0. The van der Waals surface area contributed by atoms with Gasteiger partial charge in [0.1, 0.15) is 0 Å². The molecule has 3 heterocycles. The lowest BCUT2D eigenvalue weighted by Gasteiger charge is -2.18. The highest BCUT2D eigenvalue weighted by Crippen LogP contribution is 2.39. The normalized spacial score (nSPS) is 17.4. The topological polar surface area (TPSA) is 108 Å². The number of carbonyl (C=O) groups excluding carboxylic acids is 2. The summed E-state index contributed by atoms with van der Waals surface area (Å²) < 4.78 is 27.4. The number of hydrogen-bond donors (Lipinski definition) is 3. The first kappa shape index (κ1) is 21.5. The van der Waals surface area contributed by atoms with Gasteiger partial charge in [-0.25, -0.2) is 22.9 Å². The zero-order chi connectivity index (χ0) is 23.2. The van der Waals surface area contributed by atoms with Gasteiger partial charge in [0.15, 0.2) is 5.37 Å². The molecule has 3 N–H and O–H groups in total. The van der Waals surface area contributed by atoms with E-state index in [1.807, 2.05) is 42.6 Å². The van der Waals surface area contributed by atoms with E-state index in [1.54, 1.807) is 18.2 Å². The van der Waals surface area contributed by atoms with Gasteiger partial charge in [0.2, 0.25) is 9.84 Å². The first-order chi connectivity index (χ1) is 15.8. The van der Waals surface area contributed by atoms with Gasteiger partial charge in [0, 0.05) is 17.8 Å². The molecule has 0 spiro atoms. The molecule has 1 saturated heterocycles. The van der Waals surface area contributed by atoms with Gasteiger partial charge in [-0.1, -0.05) is 30.3 Å². The minimum atomic E-state index is -3.99. The number of amides is 4. The van der Waals surface area contributed by atoms with Crippen LogP contribution < -0.4 is 16.0 Å². The van der Waals surface area contributed by atoms with Crippen LogP contribution in [-0.2, 0) is 16.3 Å². The lowest BCUT2D eigenvalue weighted by Crippen LogP contribution is -2.37. The minimum Gasteiger partial charge on any atom is -0.384 e. The molecule has 1 atom stereocenters. The molecule has 1 fully saturated rings. The maximum Gasteiger partial charge on any atom is 0.330 e. The monoisotopic (exact) mass is 482 g/mol. The van der Waals surface area contributed by atoms with Crippen molar-refractivity contribution < 1.29 is 18.0 Å². The lowest BCUT2D eigenvalue weighted by atomic mass is 9.98.